The van der Waals surface area contributed by atoms with E-state index in [1.54, 1.807) is 6.20 Å². The fourth-order valence-electron chi connectivity index (χ4n) is 3.08. The van der Waals surface area contributed by atoms with E-state index in [1.165, 1.54) is 12.0 Å². The minimum Gasteiger partial charge on any atom is -0.684 e. The molecule has 1 aromatic heterocycles. The zero-order valence-electron chi connectivity index (χ0n) is 19.3. The fourth-order valence-corrected chi connectivity index (χ4v) is 3.08. The molecule has 0 bridgehead atoms. The van der Waals surface area contributed by atoms with Crippen LogP contribution in [0.5, 0.6) is 0 Å². The molecule has 2 heterocycles. The second-order valence-electron chi connectivity index (χ2n) is 6.75. The number of para-hydroxylation sites is 1. The van der Waals surface area contributed by atoms with E-state index in [1.807, 2.05) is 56.3 Å². The first-order valence-electron chi connectivity index (χ1n) is 10.3. The first-order chi connectivity index (χ1) is 14.0. The molecule has 0 fully saturated rings. The Labute approximate surface area is 200 Å². The SMILES string of the molecule is CC.CC1C[N-]c2cc(NC(=O)C(=O)c3c[nH]c4ccccc34)ccc21.CCC.[CH3-].[W+2]. The number of nitrogens with one attached hydrogen (secondary N) is 2. The van der Waals surface area contributed by atoms with E-state index in [0.717, 1.165) is 23.1 Å². The van der Waals surface area contributed by atoms with Gasteiger partial charge in [-0.15, -0.1) is 12.2 Å². The number of H-pyrrole nitrogens is 1. The summed E-state index contributed by atoms with van der Waals surface area (Å²) in [4.78, 5) is 27.8. The van der Waals surface area contributed by atoms with Gasteiger partial charge in [0.1, 0.15) is 0 Å². The van der Waals surface area contributed by atoms with Gasteiger partial charge in [-0.2, -0.15) is 0 Å². The number of aromatic amines is 1. The number of Topliss-reactive ketones (excluding diaryl/α,β-unsaturated/α-hetero) is 1. The fraction of sp³-hybridized carbons (Fsp3) is 0.320. The summed E-state index contributed by atoms with van der Waals surface area (Å²) >= 11 is 0. The van der Waals surface area contributed by atoms with Gasteiger partial charge in [-0.05, 0) is 18.1 Å². The number of carbonyl (C=O) groups excluding carboxylic acids is 2. The van der Waals surface area contributed by atoms with Crippen molar-refractivity contribution in [2.24, 2.45) is 0 Å². The molecule has 0 spiro atoms. The number of anilines is 1. The molecule has 3 aromatic rings. The summed E-state index contributed by atoms with van der Waals surface area (Å²) in [5, 5.41) is 7.87. The summed E-state index contributed by atoms with van der Waals surface area (Å²) in [6.07, 6.45) is 2.83. The van der Waals surface area contributed by atoms with Crippen LogP contribution in [-0.4, -0.2) is 23.2 Å². The van der Waals surface area contributed by atoms with E-state index in [9.17, 15) is 9.59 Å². The minimum absolute atomic E-state index is 0. The number of benzene rings is 2. The third kappa shape index (κ3) is 6.80. The van der Waals surface area contributed by atoms with Crippen molar-refractivity contribution in [2.75, 3.05) is 11.9 Å². The summed E-state index contributed by atoms with van der Waals surface area (Å²) in [6.45, 7) is 11.1. The number of fused-ring (bicyclic) bond motifs is 2. The monoisotopic (exact) mass is 591 g/mol. The summed E-state index contributed by atoms with van der Waals surface area (Å²) < 4.78 is 0. The number of rotatable bonds is 3. The molecule has 1 amide bonds. The molecule has 0 saturated heterocycles. The normalized spacial score (nSPS) is 13.0. The topological polar surface area (TPSA) is 76.1 Å². The number of carbonyl (C=O) groups is 2. The number of nitrogens with zero attached hydrogens (tertiary/aromatic N) is 1. The molecule has 6 heteroatoms. The zero-order chi connectivity index (χ0) is 21.4. The van der Waals surface area contributed by atoms with Crippen molar-refractivity contribution < 1.29 is 30.7 Å². The smallest absolute Gasteiger partial charge is 0.684 e. The molecule has 1 aliphatic rings. The Morgan fingerprint density at radius 2 is 1.77 bits per heavy atom. The van der Waals surface area contributed by atoms with Gasteiger partial charge in [0.15, 0.2) is 0 Å². The Balaban J connectivity index is 0.00000119. The van der Waals surface area contributed by atoms with Crippen molar-refractivity contribution in [3.05, 3.63) is 72.5 Å². The van der Waals surface area contributed by atoms with Gasteiger partial charge in [-0.25, -0.2) is 0 Å². The second-order valence-corrected chi connectivity index (χ2v) is 6.75. The number of aromatic nitrogens is 1. The summed E-state index contributed by atoms with van der Waals surface area (Å²) in [6, 6.07) is 13.0. The van der Waals surface area contributed by atoms with Crippen LogP contribution in [0.3, 0.4) is 0 Å². The largest absolute Gasteiger partial charge is 2.00 e. The van der Waals surface area contributed by atoms with Crippen LogP contribution in [0.4, 0.5) is 11.4 Å². The van der Waals surface area contributed by atoms with E-state index in [4.69, 9.17) is 0 Å². The molecule has 1 unspecified atom stereocenters. The average molecular weight is 591 g/mol. The van der Waals surface area contributed by atoms with Gasteiger partial charge in [0, 0.05) is 22.8 Å². The Kier molecular flexibility index (Phi) is 12.8. The maximum absolute atomic E-state index is 12.5. The number of ketones is 1. The molecule has 0 radical (unpaired) electrons. The Morgan fingerprint density at radius 3 is 2.45 bits per heavy atom. The molecule has 5 nitrogen and oxygen atoms in total. The van der Waals surface area contributed by atoms with Crippen LogP contribution in [0.25, 0.3) is 16.2 Å². The Bertz CT molecular complexity index is 982. The quantitative estimate of drug-likeness (QED) is 0.196. The number of amides is 1. The van der Waals surface area contributed by atoms with Crippen LogP contribution in [0.2, 0.25) is 0 Å². The first-order valence-corrected chi connectivity index (χ1v) is 10.3. The summed E-state index contributed by atoms with van der Waals surface area (Å²) in [5.74, 6) is -0.804. The third-order valence-corrected chi connectivity index (χ3v) is 4.39. The van der Waals surface area contributed by atoms with Crippen LogP contribution >= 0.6 is 0 Å². The molecule has 0 aliphatic carbocycles. The summed E-state index contributed by atoms with van der Waals surface area (Å²) in [5.41, 5.74) is 3.86. The molecule has 1 aliphatic heterocycles. The molecule has 1 atom stereocenters. The van der Waals surface area contributed by atoms with Crippen LogP contribution in [0, 0.1) is 7.43 Å². The minimum atomic E-state index is -0.647. The standard InChI is InChI=1S/C19H16N3O2.C3H8.C2H6.CH3.W/c1-11-9-20-17-8-12(6-7-13(11)17)22-19(24)18(23)15-10-21-16-5-3-2-4-14(15)16;1-3-2;1-2;;/h2-8,10-11H,9H2,1H3,(H,21,23)(H,22,24);3H2,1-2H3;1-2H3;1H3;/q-1;;;-1;+2. The Hall–Kier alpha value is -2.39. The van der Waals surface area contributed by atoms with E-state index in [-0.39, 0.29) is 28.5 Å². The molecular weight excluding hydrogens is 558 g/mol. The Morgan fingerprint density at radius 1 is 1.13 bits per heavy atom. The molecule has 2 aromatic carbocycles. The van der Waals surface area contributed by atoms with Gasteiger partial charge in [0.25, 0.3) is 11.7 Å². The van der Waals surface area contributed by atoms with Gasteiger partial charge in [0.05, 0.1) is 5.56 Å². The van der Waals surface area contributed by atoms with Gasteiger partial charge >= 0.3 is 21.1 Å². The maximum atomic E-state index is 12.5. The molecular formula is C25H33N3O2W. The van der Waals surface area contributed by atoms with Gasteiger partial charge in [0.2, 0.25) is 0 Å². The maximum Gasteiger partial charge on any atom is 2.00 e. The molecule has 2 N–H and O–H groups in total. The van der Waals surface area contributed by atoms with Crippen molar-refractivity contribution in [3.63, 3.8) is 0 Å². The van der Waals surface area contributed by atoms with E-state index in [0.29, 0.717) is 17.2 Å². The predicted molar refractivity (Wildman–Crippen MR) is 128 cm³/mol. The molecule has 31 heavy (non-hydrogen) atoms. The van der Waals surface area contributed by atoms with Crippen LogP contribution in [0.1, 0.15) is 62.9 Å². The van der Waals surface area contributed by atoms with Crippen molar-refractivity contribution in [1.29, 1.82) is 0 Å². The molecule has 0 saturated carbocycles. The van der Waals surface area contributed by atoms with Gasteiger partial charge < -0.3 is 23.0 Å². The van der Waals surface area contributed by atoms with Crippen LogP contribution in [-0.2, 0) is 25.9 Å². The second kappa shape index (κ2) is 13.8. The number of hydrogen-bond acceptors (Lipinski definition) is 2. The first kappa shape index (κ1) is 28.6. The van der Waals surface area contributed by atoms with Gasteiger partial charge in [-0.1, -0.05) is 76.9 Å². The average Bonchev–Trinajstić information content (AvgIpc) is 3.33. The molecule has 166 valence electrons. The molecule has 4 rings (SSSR count). The summed E-state index contributed by atoms with van der Waals surface area (Å²) in [7, 11) is 0. The predicted octanol–water partition coefficient (Wildman–Crippen LogP) is 7.00. The van der Waals surface area contributed by atoms with Crippen molar-refractivity contribution in [2.45, 2.75) is 47.0 Å². The van der Waals surface area contributed by atoms with Crippen molar-refractivity contribution >= 4 is 34.0 Å². The van der Waals surface area contributed by atoms with E-state index >= 15 is 0 Å². The zero-order valence-corrected chi connectivity index (χ0v) is 22.2. The van der Waals surface area contributed by atoms with Crippen molar-refractivity contribution in [3.8, 4) is 0 Å². The van der Waals surface area contributed by atoms with E-state index in [2.05, 4.69) is 36.4 Å². The van der Waals surface area contributed by atoms with Crippen molar-refractivity contribution in [1.82, 2.24) is 4.98 Å². The van der Waals surface area contributed by atoms with Gasteiger partial charge in [-0.3, -0.25) is 9.59 Å². The van der Waals surface area contributed by atoms with Crippen LogP contribution < -0.4 is 5.32 Å². The van der Waals surface area contributed by atoms with Crippen LogP contribution in [0.15, 0.2) is 48.7 Å². The third-order valence-electron chi connectivity index (χ3n) is 4.39. The van der Waals surface area contributed by atoms with E-state index < -0.39 is 11.7 Å². The number of hydrogen-bond donors (Lipinski definition) is 2.